The number of rotatable bonds is 4. The second kappa shape index (κ2) is 6.63. The van der Waals surface area contributed by atoms with E-state index in [4.69, 9.17) is 0 Å². The highest BCUT2D eigenvalue weighted by Crippen LogP contribution is 2.37. The molecule has 2 heterocycles. The first-order chi connectivity index (χ1) is 11.8. The summed E-state index contributed by atoms with van der Waals surface area (Å²) in [5, 5.41) is 2.97. The molecule has 0 amide bonds. The van der Waals surface area contributed by atoms with E-state index in [0.717, 1.165) is 0 Å². The van der Waals surface area contributed by atoms with Gasteiger partial charge < -0.3 is 4.98 Å². The Morgan fingerprint density at radius 2 is 1.73 bits per heavy atom. The van der Waals surface area contributed by atoms with Gasteiger partial charge in [0.2, 0.25) is 0 Å². The SMILES string of the molecule is O=c1[nH]c(CBr)nc(C(F)(F)F)c1-c1cnn(CC(F)(F)C(F)(F)F)c1. The van der Waals surface area contributed by atoms with E-state index in [1.807, 2.05) is 4.98 Å². The maximum Gasteiger partial charge on any atom is 0.455 e. The maximum absolute atomic E-state index is 13.1. The van der Waals surface area contributed by atoms with Crippen LogP contribution in [-0.2, 0) is 18.1 Å². The molecule has 0 aromatic carbocycles. The lowest BCUT2D eigenvalue weighted by molar-refractivity contribution is -0.287. The number of nitrogens with one attached hydrogen (secondary N) is 1. The highest BCUT2D eigenvalue weighted by molar-refractivity contribution is 9.08. The number of aromatic amines is 1. The van der Waals surface area contributed by atoms with Crippen molar-refractivity contribution in [2.45, 2.75) is 30.1 Å². The molecule has 0 saturated carbocycles. The van der Waals surface area contributed by atoms with E-state index < -0.39 is 47.2 Å². The number of alkyl halides is 9. The second-order valence-corrected chi connectivity index (χ2v) is 5.56. The predicted molar refractivity (Wildman–Crippen MR) is 74.7 cm³/mol. The first kappa shape index (κ1) is 20.3. The molecule has 2 aromatic heterocycles. The Bertz CT molecular complexity index is 854. The van der Waals surface area contributed by atoms with Crippen LogP contribution in [0.4, 0.5) is 35.1 Å². The number of nitrogens with zero attached hydrogens (tertiary/aromatic N) is 3. The van der Waals surface area contributed by atoms with Gasteiger partial charge in [-0.05, 0) is 0 Å². The third-order valence-electron chi connectivity index (χ3n) is 3.06. The number of hydrogen-bond donors (Lipinski definition) is 1. The van der Waals surface area contributed by atoms with E-state index in [0.29, 0.717) is 12.4 Å². The van der Waals surface area contributed by atoms with E-state index in [9.17, 15) is 39.9 Å². The van der Waals surface area contributed by atoms with E-state index in [-0.39, 0.29) is 15.8 Å². The molecule has 14 heteroatoms. The normalized spacial score (nSPS) is 13.3. The number of H-pyrrole nitrogens is 1. The van der Waals surface area contributed by atoms with Crippen LogP contribution in [0, 0.1) is 0 Å². The summed E-state index contributed by atoms with van der Waals surface area (Å²) in [5.74, 6) is -5.50. The molecular formula is C12H7BrF8N4O. The molecule has 0 aliphatic heterocycles. The number of hydrogen-bond acceptors (Lipinski definition) is 3. The summed E-state index contributed by atoms with van der Waals surface area (Å²) in [4.78, 5) is 17.2. The van der Waals surface area contributed by atoms with Crippen molar-refractivity contribution in [3.05, 3.63) is 34.3 Å². The molecule has 0 radical (unpaired) electrons. The highest BCUT2D eigenvalue weighted by atomic mass is 79.9. The zero-order chi connectivity index (χ0) is 19.9. The molecule has 26 heavy (non-hydrogen) atoms. The largest absolute Gasteiger partial charge is 0.455 e. The van der Waals surface area contributed by atoms with Crippen LogP contribution in [0.1, 0.15) is 11.5 Å². The van der Waals surface area contributed by atoms with Crippen LogP contribution in [0.5, 0.6) is 0 Å². The summed E-state index contributed by atoms with van der Waals surface area (Å²) in [7, 11) is 0. The van der Waals surface area contributed by atoms with E-state index >= 15 is 0 Å². The lowest BCUT2D eigenvalue weighted by Gasteiger charge is -2.19. The molecule has 1 N–H and O–H groups in total. The maximum atomic E-state index is 13.1. The van der Waals surface area contributed by atoms with E-state index in [1.54, 1.807) is 0 Å². The second-order valence-electron chi connectivity index (χ2n) is 5.00. The Morgan fingerprint density at radius 3 is 2.23 bits per heavy atom. The Hall–Kier alpha value is -1.99. The lowest BCUT2D eigenvalue weighted by atomic mass is 10.1. The first-order valence-electron chi connectivity index (χ1n) is 6.50. The molecular weight excluding hydrogens is 448 g/mol. The summed E-state index contributed by atoms with van der Waals surface area (Å²) in [6, 6.07) is 0. The molecule has 0 saturated heterocycles. The molecule has 0 bridgehead atoms. The van der Waals surface area contributed by atoms with Crippen LogP contribution < -0.4 is 5.56 Å². The summed E-state index contributed by atoms with van der Waals surface area (Å²) in [6.45, 7) is -1.96. The van der Waals surface area contributed by atoms with Crippen LogP contribution in [0.25, 0.3) is 11.1 Å². The summed E-state index contributed by atoms with van der Waals surface area (Å²) in [6.07, 6.45) is -9.89. The topological polar surface area (TPSA) is 63.6 Å². The van der Waals surface area contributed by atoms with E-state index in [2.05, 4.69) is 26.0 Å². The third-order valence-corrected chi connectivity index (χ3v) is 3.59. The van der Waals surface area contributed by atoms with Crippen molar-refractivity contribution >= 4 is 15.9 Å². The van der Waals surface area contributed by atoms with Crippen molar-refractivity contribution in [1.29, 1.82) is 0 Å². The Morgan fingerprint density at radius 1 is 1.12 bits per heavy atom. The zero-order valence-electron chi connectivity index (χ0n) is 12.2. The molecule has 2 aromatic rings. The van der Waals surface area contributed by atoms with Crippen molar-refractivity contribution in [3.63, 3.8) is 0 Å². The fourth-order valence-electron chi connectivity index (χ4n) is 1.93. The number of aromatic nitrogens is 4. The predicted octanol–water partition coefficient (Wildman–Crippen LogP) is 3.74. The van der Waals surface area contributed by atoms with Gasteiger partial charge in [-0.1, -0.05) is 15.9 Å². The molecule has 0 atom stereocenters. The Labute approximate surface area is 147 Å². The molecule has 0 fully saturated rings. The first-order valence-corrected chi connectivity index (χ1v) is 7.62. The average molecular weight is 455 g/mol. The van der Waals surface area contributed by atoms with E-state index in [1.165, 1.54) is 0 Å². The molecule has 0 spiro atoms. The Kier molecular flexibility index (Phi) is 5.18. The summed E-state index contributed by atoms with van der Waals surface area (Å²) < 4.78 is 102. The van der Waals surface area contributed by atoms with Crippen molar-refractivity contribution < 1.29 is 35.1 Å². The molecule has 0 aliphatic rings. The molecule has 144 valence electrons. The van der Waals surface area contributed by atoms with Crippen LogP contribution >= 0.6 is 15.9 Å². The molecule has 2 rings (SSSR count). The van der Waals surface area contributed by atoms with Gasteiger partial charge in [-0.25, -0.2) is 4.98 Å². The zero-order valence-corrected chi connectivity index (χ0v) is 13.8. The Balaban J connectivity index is 2.52. The molecule has 0 unspecified atom stereocenters. The van der Waals surface area contributed by atoms with Crippen LogP contribution in [-0.4, -0.2) is 31.8 Å². The highest BCUT2D eigenvalue weighted by Gasteiger charge is 2.57. The van der Waals surface area contributed by atoms with Crippen molar-refractivity contribution in [2.24, 2.45) is 0 Å². The van der Waals surface area contributed by atoms with Gasteiger partial charge in [-0.15, -0.1) is 0 Å². The molecule has 0 aliphatic carbocycles. The fourth-order valence-corrected chi connectivity index (χ4v) is 2.19. The van der Waals surface area contributed by atoms with Crippen molar-refractivity contribution in [1.82, 2.24) is 19.7 Å². The minimum atomic E-state index is -5.87. The van der Waals surface area contributed by atoms with Gasteiger partial charge >= 0.3 is 18.3 Å². The smallest absolute Gasteiger partial charge is 0.309 e. The van der Waals surface area contributed by atoms with Crippen LogP contribution in [0.2, 0.25) is 0 Å². The minimum absolute atomic E-state index is 0.0980. The van der Waals surface area contributed by atoms with Gasteiger partial charge in [-0.2, -0.15) is 40.2 Å². The van der Waals surface area contributed by atoms with Gasteiger partial charge in [0.15, 0.2) is 5.69 Å². The monoisotopic (exact) mass is 454 g/mol. The summed E-state index contributed by atoms with van der Waals surface area (Å²) >= 11 is 2.82. The minimum Gasteiger partial charge on any atom is -0.309 e. The van der Waals surface area contributed by atoms with Gasteiger partial charge in [0.1, 0.15) is 12.4 Å². The standard InChI is InChI=1S/C12H7BrF8N4O/c13-1-6-23-8(11(16,17)18)7(9(26)24-6)5-2-22-25(3-5)4-10(14,15)12(19,20)21/h2-3H,1,4H2,(H,23,24,26). The average Bonchev–Trinajstić information content (AvgIpc) is 2.91. The fraction of sp³-hybridized carbons (Fsp3) is 0.417. The van der Waals surface area contributed by atoms with Crippen molar-refractivity contribution in [2.75, 3.05) is 0 Å². The van der Waals surface area contributed by atoms with Crippen molar-refractivity contribution in [3.8, 4) is 11.1 Å². The van der Waals surface area contributed by atoms with Crippen LogP contribution in [0.15, 0.2) is 17.2 Å². The molecule has 5 nitrogen and oxygen atoms in total. The van der Waals surface area contributed by atoms with Gasteiger partial charge in [0, 0.05) is 11.8 Å². The number of halogens is 9. The quantitative estimate of drug-likeness (QED) is 0.565. The summed E-state index contributed by atoms with van der Waals surface area (Å²) in [5.41, 5.74) is -4.50. The lowest BCUT2D eigenvalue weighted by Crippen LogP contribution is -2.40. The van der Waals surface area contributed by atoms with Crippen LogP contribution in [0.3, 0.4) is 0 Å². The van der Waals surface area contributed by atoms with Gasteiger partial charge in [0.25, 0.3) is 5.56 Å². The van der Waals surface area contributed by atoms with Gasteiger partial charge in [-0.3, -0.25) is 9.48 Å². The third kappa shape index (κ3) is 4.04. The van der Waals surface area contributed by atoms with Gasteiger partial charge in [0.05, 0.1) is 17.1 Å².